The zero-order valence-corrected chi connectivity index (χ0v) is 9.76. The summed E-state index contributed by atoms with van der Waals surface area (Å²) in [6, 6.07) is 14.3. The standard InChI is InChI=1S/C12H10N4O3/c17-15(10-6-2-1-3-7-10)14-13-11-8-4-5-9-12(11)16(18)19/h1-9,13H/b15-14+. The zero-order chi connectivity index (χ0) is 13.7. The maximum atomic E-state index is 11.6. The topological polar surface area (TPSA) is 93.6 Å². The van der Waals surface area contributed by atoms with E-state index in [1.807, 2.05) is 0 Å². The van der Waals surface area contributed by atoms with Crippen LogP contribution in [0.5, 0.6) is 0 Å². The summed E-state index contributed by atoms with van der Waals surface area (Å²) in [6.07, 6.45) is 0. The number of nitro groups is 1. The number of hydrogen-bond acceptors (Lipinski definition) is 4. The van der Waals surface area contributed by atoms with Crippen molar-refractivity contribution in [1.82, 2.24) is 0 Å². The molecule has 0 aliphatic carbocycles. The third-order valence-electron chi connectivity index (χ3n) is 2.34. The molecule has 2 aromatic rings. The normalized spacial score (nSPS) is 11.1. The Morgan fingerprint density at radius 3 is 2.26 bits per heavy atom. The fraction of sp³-hybridized carbons (Fsp3) is 0. The molecule has 0 aliphatic rings. The third-order valence-corrected chi connectivity index (χ3v) is 2.34. The Bertz CT molecular complexity index is 613. The van der Waals surface area contributed by atoms with Gasteiger partial charge in [0.25, 0.3) is 0 Å². The van der Waals surface area contributed by atoms with Gasteiger partial charge in [0.05, 0.1) is 10.1 Å². The molecule has 0 aliphatic heterocycles. The molecular formula is C12H10N4O3. The number of anilines is 1. The molecular weight excluding hydrogens is 248 g/mol. The average Bonchev–Trinajstić information content (AvgIpc) is 2.46. The van der Waals surface area contributed by atoms with Gasteiger partial charge in [-0.15, -0.1) is 10.3 Å². The number of nitrogens with one attached hydrogen (secondary N) is 1. The SMILES string of the molecule is O=[N+]([O-])c1ccccc1N/N=[N+](/[O-])c1ccccc1. The summed E-state index contributed by atoms with van der Waals surface area (Å²) in [6.45, 7) is 0. The molecule has 0 aromatic heterocycles. The first-order chi connectivity index (χ1) is 9.18. The lowest BCUT2D eigenvalue weighted by atomic mass is 10.3. The van der Waals surface area contributed by atoms with Crippen molar-refractivity contribution in [2.75, 3.05) is 5.43 Å². The second-order valence-corrected chi connectivity index (χ2v) is 3.59. The summed E-state index contributed by atoms with van der Waals surface area (Å²) in [5.41, 5.74) is 2.73. The van der Waals surface area contributed by atoms with Crippen LogP contribution in [0.1, 0.15) is 0 Å². The smallest absolute Gasteiger partial charge is 0.317 e. The van der Waals surface area contributed by atoms with Gasteiger partial charge < -0.3 is 5.21 Å². The van der Waals surface area contributed by atoms with E-state index in [1.54, 1.807) is 36.4 Å². The minimum absolute atomic E-state index is 0.146. The first kappa shape index (κ1) is 12.5. The Hall–Kier alpha value is -2.96. The lowest BCUT2D eigenvalue weighted by Gasteiger charge is -2.04. The predicted molar refractivity (Wildman–Crippen MR) is 68.9 cm³/mol. The van der Waals surface area contributed by atoms with Gasteiger partial charge in [-0.3, -0.25) is 10.1 Å². The molecule has 19 heavy (non-hydrogen) atoms. The van der Waals surface area contributed by atoms with E-state index in [-0.39, 0.29) is 11.4 Å². The predicted octanol–water partition coefficient (Wildman–Crippen LogP) is 3.22. The molecule has 96 valence electrons. The molecule has 0 unspecified atom stereocenters. The highest BCUT2D eigenvalue weighted by Crippen LogP contribution is 2.23. The first-order valence-corrected chi connectivity index (χ1v) is 5.41. The molecule has 0 heterocycles. The molecule has 0 bridgehead atoms. The molecule has 7 nitrogen and oxygen atoms in total. The number of para-hydroxylation sites is 3. The van der Waals surface area contributed by atoms with Crippen molar-refractivity contribution in [3.8, 4) is 0 Å². The summed E-state index contributed by atoms with van der Waals surface area (Å²) in [4.78, 5) is 10.6. The minimum atomic E-state index is -0.546. The Morgan fingerprint density at radius 2 is 1.58 bits per heavy atom. The van der Waals surface area contributed by atoms with Crippen molar-refractivity contribution >= 4 is 17.1 Å². The van der Waals surface area contributed by atoms with Crippen molar-refractivity contribution in [3.05, 3.63) is 69.9 Å². The van der Waals surface area contributed by atoms with Gasteiger partial charge in [0.1, 0.15) is 0 Å². The minimum Gasteiger partial charge on any atom is -0.691 e. The summed E-state index contributed by atoms with van der Waals surface area (Å²) in [5.74, 6) is 0. The van der Waals surface area contributed by atoms with E-state index in [0.717, 1.165) is 0 Å². The fourth-order valence-corrected chi connectivity index (χ4v) is 1.44. The van der Waals surface area contributed by atoms with Crippen LogP contribution in [0.25, 0.3) is 0 Å². The summed E-state index contributed by atoms with van der Waals surface area (Å²) in [7, 11) is 0. The van der Waals surface area contributed by atoms with Crippen molar-refractivity contribution in [2.24, 2.45) is 5.22 Å². The average molecular weight is 258 g/mol. The maximum Gasteiger partial charge on any atom is 0.317 e. The highest BCUT2D eigenvalue weighted by molar-refractivity contribution is 5.60. The largest absolute Gasteiger partial charge is 0.691 e. The van der Waals surface area contributed by atoms with Crippen molar-refractivity contribution in [3.63, 3.8) is 0 Å². The Morgan fingerprint density at radius 1 is 0.947 bits per heavy atom. The number of nitrogens with zero attached hydrogens (tertiary/aromatic N) is 3. The van der Waals surface area contributed by atoms with Crippen LogP contribution in [-0.4, -0.2) is 9.78 Å². The van der Waals surface area contributed by atoms with E-state index in [2.05, 4.69) is 10.6 Å². The number of hydrogen-bond donors (Lipinski definition) is 1. The maximum absolute atomic E-state index is 11.6. The van der Waals surface area contributed by atoms with Gasteiger partial charge in [-0.2, -0.15) is 0 Å². The summed E-state index contributed by atoms with van der Waals surface area (Å²) >= 11 is 0. The van der Waals surface area contributed by atoms with Gasteiger partial charge in [-0.25, -0.2) is 0 Å². The van der Waals surface area contributed by atoms with E-state index in [9.17, 15) is 15.3 Å². The molecule has 7 heteroatoms. The number of nitro benzene ring substituents is 1. The number of rotatable bonds is 4. The molecule has 0 fully saturated rings. The van der Waals surface area contributed by atoms with Gasteiger partial charge >= 0.3 is 5.69 Å². The van der Waals surface area contributed by atoms with Gasteiger partial charge in [0.2, 0.25) is 5.69 Å². The second-order valence-electron chi connectivity index (χ2n) is 3.59. The van der Waals surface area contributed by atoms with Crippen molar-refractivity contribution in [1.29, 1.82) is 0 Å². The second kappa shape index (κ2) is 5.58. The fourth-order valence-electron chi connectivity index (χ4n) is 1.44. The number of benzene rings is 2. The highest BCUT2D eigenvalue weighted by Gasteiger charge is 2.15. The van der Waals surface area contributed by atoms with Crippen LogP contribution >= 0.6 is 0 Å². The molecule has 2 aromatic carbocycles. The van der Waals surface area contributed by atoms with Crippen LogP contribution < -0.4 is 5.43 Å². The van der Waals surface area contributed by atoms with Crippen LogP contribution in [-0.2, 0) is 0 Å². The summed E-state index contributed by atoms with van der Waals surface area (Å²) in [5, 5.41) is 25.9. The van der Waals surface area contributed by atoms with Crippen molar-refractivity contribution in [2.45, 2.75) is 0 Å². The lowest BCUT2D eigenvalue weighted by Crippen LogP contribution is -2.00. The Labute approximate surface area is 108 Å². The zero-order valence-electron chi connectivity index (χ0n) is 9.76. The molecule has 0 saturated carbocycles. The lowest BCUT2D eigenvalue weighted by molar-refractivity contribution is -0.439. The third kappa shape index (κ3) is 3.03. The molecule has 1 N–H and O–H groups in total. The molecule has 2 rings (SSSR count). The van der Waals surface area contributed by atoms with Crippen LogP contribution in [0, 0.1) is 15.3 Å². The van der Waals surface area contributed by atoms with Crippen LogP contribution in [0.15, 0.2) is 59.8 Å². The van der Waals surface area contributed by atoms with Gasteiger partial charge in [0, 0.05) is 6.07 Å². The Kier molecular flexibility index (Phi) is 3.67. The van der Waals surface area contributed by atoms with Crippen LogP contribution in [0.2, 0.25) is 0 Å². The molecule has 0 radical (unpaired) electrons. The van der Waals surface area contributed by atoms with Crippen molar-refractivity contribution < 1.29 is 9.78 Å². The molecule has 0 spiro atoms. The van der Waals surface area contributed by atoms with Crippen LogP contribution in [0.4, 0.5) is 17.1 Å². The summed E-state index contributed by atoms with van der Waals surface area (Å²) < 4.78 is 0. The van der Waals surface area contributed by atoms with E-state index in [1.165, 1.54) is 18.2 Å². The van der Waals surface area contributed by atoms with E-state index < -0.39 is 4.92 Å². The molecule has 0 saturated heterocycles. The quantitative estimate of drug-likeness (QED) is 0.394. The van der Waals surface area contributed by atoms with Crippen LogP contribution in [0.3, 0.4) is 0 Å². The monoisotopic (exact) mass is 258 g/mol. The van der Waals surface area contributed by atoms with E-state index in [4.69, 9.17) is 0 Å². The van der Waals surface area contributed by atoms with E-state index in [0.29, 0.717) is 10.5 Å². The van der Waals surface area contributed by atoms with E-state index >= 15 is 0 Å². The Balaban J connectivity index is 2.21. The first-order valence-electron chi connectivity index (χ1n) is 5.41. The highest BCUT2D eigenvalue weighted by atomic mass is 16.6. The van der Waals surface area contributed by atoms with Gasteiger partial charge in [-0.05, 0) is 18.2 Å². The van der Waals surface area contributed by atoms with Gasteiger partial charge in [-0.1, -0.05) is 30.3 Å². The molecule has 0 amide bonds. The van der Waals surface area contributed by atoms with Gasteiger partial charge in [0.15, 0.2) is 5.69 Å². The molecule has 0 atom stereocenters.